The van der Waals surface area contributed by atoms with Crippen LogP contribution in [0.15, 0.2) is 14.3 Å². The van der Waals surface area contributed by atoms with E-state index in [-0.39, 0.29) is 5.78 Å². The topological polar surface area (TPSA) is 17.1 Å². The van der Waals surface area contributed by atoms with Gasteiger partial charge < -0.3 is 0 Å². The third-order valence-electron chi connectivity index (χ3n) is 2.94. The molecule has 1 nitrogen and oxygen atoms in total. The fourth-order valence-corrected chi connectivity index (χ4v) is 3.77. The number of thiophene rings is 1. The lowest BCUT2D eigenvalue weighted by atomic mass is 9.93. The maximum absolute atomic E-state index is 12.1. The predicted molar refractivity (Wildman–Crippen MR) is 82.0 cm³/mol. The summed E-state index contributed by atoms with van der Waals surface area (Å²) in [6.45, 7) is 4.37. The molecule has 0 aliphatic rings. The molecule has 1 aromatic heterocycles. The van der Waals surface area contributed by atoms with Gasteiger partial charge in [0, 0.05) is 10.9 Å². The van der Waals surface area contributed by atoms with Gasteiger partial charge in [0.2, 0.25) is 0 Å². The molecule has 0 N–H and O–H groups in total. The molecule has 0 spiro atoms. The standard InChI is InChI=1S/C13H18Br2OS/c1-3-5-6-9(4-2)7-11(16)12-8-10(14)13(15)17-12/h8-9H,3-7H2,1-2H3. The zero-order chi connectivity index (χ0) is 12.8. The molecule has 1 heterocycles. The largest absolute Gasteiger partial charge is 0.293 e. The van der Waals surface area contributed by atoms with Crippen molar-refractivity contribution in [1.29, 1.82) is 0 Å². The second-order valence-corrected chi connectivity index (χ2v) is 7.50. The third kappa shape index (κ3) is 4.84. The molecule has 0 aliphatic heterocycles. The Hall–Kier alpha value is 0.330. The maximum Gasteiger partial charge on any atom is 0.173 e. The van der Waals surface area contributed by atoms with Gasteiger partial charge in [-0.15, -0.1) is 11.3 Å². The van der Waals surface area contributed by atoms with Gasteiger partial charge >= 0.3 is 0 Å². The van der Waals surface area contributed by atoms with Crippen LogP contribution in [-0.2, 0) is 0 Å². The summed E-state index contributed by atoms with van der Waals surface area (Å²) < 4.78 is 1.98. The van der Waals surface area contributed by atoms with Crippen molar-refractivity contribution >= 4 is 49.0 Å². The average Bonchev–Trinajstić information content (AvgIpc) is 2.65. The van der Waals surface area contributed by atoms with Crippen molar-refractivity contribution in [3.05, 3.63) is 19.2 Å². The van der Waals surface area contributed by atoms with E-state index in [2.05, 4.69) is 45.7 Å². The summed E-state index contributed by atoms with van der Waals surface area (Å²) in [5.74, 6) is 0.825. The molecule has 0 aromatic carbocycles. The van der Waals surface area contributed by atoms with Crippen LogP contribution in [-0.4, -0.2) is 5.78 Å². The summed E-state index contributed by atoms with van der Waals surface area (Å²) >= 11 is 8.37. The molecular weight excluding hydrogens is 364 g/mol. The normalized spacial score (nSPS) is 12.7. The number of hydrogen-bond acceptors (Lipinski definition) is 2. The van der Waals surface area contributed by atoms with Crippen molar-refractivity contribution < 1.29 is 4.79 Å². The summed E-state index contributed by atoms with van der Waals surface area (Å²) in [6.07, 6.45) is 5.40. The Morgan fingerprint density at radius 2 is 2.12 bits per heavy atom. The van der Waals surface area contributed by atoms with Crippen LogP contribution >= 0.6 is 43.2 Å². The summed E-state index contributed by atoms with van der Waals surface area (Å²) in [6, 6.07) is 1.92. The minimum absolute atomic E-state index is 0.282. The molecule has 0 fully saturated rings. The molecular formula is C13H18Br2OS. The van der Waals surface area contributed by atoms with E-state index in [9.17, 15) is 4.79 Å². The highest BCUT2D eigenvalue weighted by atomic mass is 79.9. The number of hydrogen-bond donors (Lipinski definition) is 0. The minimum Gasteiger partial charge on any atom is -0.293 e. The lowest BCUT2D eigenvalue weighted by Gasteiger charge is -2.12. The van der Waals surface area contributed by atoms with E-state index in [4.69, 9.17) is 0 Å². The van der Waals surface area contributed by atoms with Crippen molar-refractivity contribution in [1.82, 2.24) is 0 Å². The highest BCUT2D eigenvalue weighted by Gasteiger charge is 2.16. The van der Waals surface area contributed by atoms with Gasteiger partial charge in [-0.05, 0) is 43.8 Å². The Labute approximate surface area is 124 Å². The predicted octanol–water partition coefficient (Wildman–Crippen LogP) is 6.06. The van der Waals surface area contributed by atoms with E-state index in [1.54, 1.807) is 0 Å². The molecule has 1 aromatic rings. The van der Waals surface area contributed by atoms with E-state index in [1.165, 1.54) is 30.6 Å². The van der Waals surface area contributed by atoms with Crippen molar-refractivity contribution in [2.45, 2.75) is 46.0 Å². The summed E-state index contributed by atoms with van der Waals surface area (Å²) in [5, 5.41) is 0. The highest BCUT2D eigenvalue weighted by molar-refractivity contribution is 9.13. The van der Waals surface area contributed by atoms with Gasteiger partial charge in [-0.25, -0.2) is 0 Å². The van der Waals surface area contributed by atoms with Gasteiger partial charge in [-0.3, -0.25) is 4.79 Å². The molecule has 0 aliphatic carbocycles. The molecule has 17 heavy (non-hydrogen) atoms. The van der Waals surface area contributed by atoms with Crippen LogP contribution < -0.4 is 0 Å². The van der Waals surface area contributed by atoms with Crippen LogP contribution in [0.5, 0.6) is 0 Å². The Bertz CT molecular complexity index is 354. The zero-order valence-electron chi connectivity index (χ0n) is 10.3. The second-order valence-electron chi connectivity index (χ2n) is 4.28. The van der Waals surface area contributed by atoms with Gasteiger partial charge in [0.05, 0.1) is 8.66 Å². The van der Waals surface area contributed by atoms with Crippen molar-refractivity contribution in [2.24, 2.45) is 5.92 Å². The van der Waals surface area contributed by atoms with E-state index in [0.717, 1.165) is 19.6 Å². The zero-order valence-corrected chi connectivity index (χ0v) is 14.3. The molecule has 0 radical (unpaired) electrons. The molecule has 1 atom stereocenters. The Morgan fingerprint density at radius 3 is 2.59 bits per heavy atom. The number of rotatable bonds is 7. The van der Waals surface area contributed by atoms with Gasteiger partial charge in [0.25, 0.3) is 0 Å². The second kappa shape index (κ2) is 7.70. The SMILES string of the molecule is CCCCC(CC)CC(=O)c1cc(Br)c(Br)s1. The lowest BCUT2D eigenvalue weighted by molar-refractivity contribution is 0.0961. The summed E-state index contributed by atoms with van der Waals surface area (Å²) in [5.41, 5.74) is 0. The number of unbranched alkanes of at least 4 members (excludes halogenated alkanes) is 1. The molecule has 96 valence electrons. The van der Waals surface area contributed by atoms with Crippen LogP contribution in [0.25, 0.3) is 0 Å². The van der Waals surface area contributed by atoms with Gasteiger partial charge in [0.1, 0.15) is 0 Å². The first-order chi connectivity index (χ1) is 8.08. The first kappa shape index (κ1) is 15.4. The van der Waals surface area contributed by atoms with E-state index in [0.29, 0.717) is 12.3 Å². The average molecular weight is 382 g/mol. The van der Waals surface area contributed by atoms with Crippen LogP contribution in [0, 0.1) is 5.92 Å². The number of Topliss-reactive ketones (excluding diaryl/α,β-unsaturated/α-hetero) is 1. The molecule has 0 saturated carbocycles. The number of carbonyl (C=O) groups excluding carboxylic acids is 1. The smallest absolute Gasteiger partial charge is 0.173 e. The van der Waals surface area contributed by atoms with E-state index in [1.807, 2.05) is 6.07 Å². The molecule has 0 amide bonds. The van der Waals surface area contributed by atoms with Crippen molar-refractivity contribution in [3.63, 3.8) is 0 Å². The molecule has 1 unspecified atom stereocenters. The molecule has 0 saturated heterocycles. The Kier molecular flexibility index (Phi) is 6.97. The summed E-state index contributed by atoms with van der Waals surface area (Å²) in [4.78, 5) is 13.0. The lowest BCUT2D eigenvalue weighted by Crippen LogP contribution is -2.07. The molecule has 1 rings (SSSR count). The third-order valence-corrected chi connectivity index (χ3v) is 6.23. The van der Waals surface area contributed by atoms with Crippen molar-refractivity contribution in [3.8, 4) is 0 Å². The molecule has 4 heteroatoms. The fraction of sp³-hybridized carbons (Fsp3) is 0.615. The van der Waals surface area contributed by atoms with Crippen molar-refractivity contribution in [2.75, 3.05) is 0 Å². The van der Waals surface area contributed by atoms with Gasteiger partial charge in [-0.2, -0.15) is 0 Å². The quantitative estimate of drug-likeness (QED) is 0.524. The van der Waals surface area contributed by atoms with Gasteiger partial charge in [-0.1, -0.05) is 39.5 Å². The Balaban J connectivity index is 2.58. The van der Waals surface area contributed by atoms with E-state index >= 15 is 0 Å². The maximum atomic E-state index is 12.1. The van der Waals surface area contributed by atoms with Crippen LogP contribution in [0.3, 0.4) is 0 Å². The molecule has 0 bridgehead atoms. The first-order valence-electron chi connectivity index (χ1n) is 6.06. The number of ketones is 1. The van der Waals surface area contributed by atoms with Crippen LogP contribution in [0.2, 0.25) is 0 Å². The van der Waals surface area contributed by atoms with Gasteiger partial charge in [0.15, 0.2) is 5.78 Å². The first-order valence-corrected chi connectivity index (χ1v) is 8.46. The number of halogens is 2. The van der Waals surface area contributed by atoms with E-state index < -0.39 is 0 Å². The summed E-state index contributed by atoms with van der Waals surface area (Å²) in [7, 11) is 0. The van der Waals surface area contributed by atoms with Crippen LogP contribution in [0.4, 0.5) is 0 Å². The highest BCUT2D eigenvalue weighted by Crippen LogP contribution is 2.33. The monoisotopic (exact) mass is 380 g/mol. The minimum atomic E-state index is 0.282. The Morgan fingerprint density at radius 1 is 1.41 bits per heavy atom. The van der Waals surface area contributed by atoms with Crippen LogP contribution in [0.1, 0.15) is 55.6 Å². The number of carbonyl (C=O) groups is 1. The fourth-order valence-electron chi connectivity index (χ4n) is 1.79.